The summed E-state index contributed by atoms with van der Waals surface area (Å²) >= 11 is 0. The first-order valence-corrected chi connectivity index (χ1v) is 27.8. The van der Waals surface area contributed by atoms with E-state index in [0.717, 1.165) is 77.0 Å². The van der Waals surface area contributed by atoms with Gasteiger partial charge in [0.25, 0.3) is 0 Å². The first-order valence-electron chi connectivity index (χ1n) is 27.8. The number of rotatable bonds is 46. The van der Waals surface area contributed by atoms with E-state index in [0.29, 0.717) is 6.42 Å². The Morgan fingerprint density at radius 1 is 0.515 bits per heavy atom. The Labute approximate surface area is 416 Å². The molecule has 1 fully saturated rings. The molecule has 0 saturated carbocycles. The van der Waals surface area contributed by atoms with Crippen molar-refractivity contribution in [2.45, 2.75) is 269 Å². The van der Waals surface area contributed by atoms with Crippen LogP contribution in [-0.2, 0) is 14.3 Å². The van der Waals surface area contributed by atoms with E-state index in [1.54, 1.807) is 6.08 Å². The van der Waals surface area contributed by atoms with E-state index in [1.165, 1.54) is 128 Å². The van der Waals surface area contributed by atoms with Gasteiger partial charge in [0.05, 0.1) is 25.4 Å². The van der Waals surface area contributed by atoms with Gasteiger partial charge in [-0.25, -0.2) is 0 Å². The Morgan fingerprint density at radius 2 is 0.926 bits per heavy atom. The summed E-state index contributed by atoms with van der Waals surface area (Å²) < 4.78 is 11.2. The first-order chi connectivity index (χ1) is 33.3. The minimum atomic E-state index is -1.58. The molecule has 0 aromatic heterocycles. The lowest BCUT2D eigenvalue weighted by Gasteiger charge is -2.40. The quantitative estimate of drug-likeness (QED) is 0.0261. The van der Waals surface area contributed by atoms with Crippen LogP contribution in [0, 0.1) is 0 Å². The van der Waals surface area contributed by atoms with Crippen LogP contribution in [-0.4, -0.2) is 87.5 Å². The molecule has 0 aromatic rings. The van der Waals surface area contributed by atoms with E-state index in [2.05, 4.69) is 92.1 Å². The predicted octanol–water partition coefficient (Wildman–Crippen LogP) is 13.5. The van der Waals surface area contributed by atoms with Crippen molar-refractivity contribution in [3.05, 3.63) is 85.1 Å². The van der Waals surface area contributed by atoms with Gasteiger partial charge < -0.3 is 40.3 Å². The van der Waals surface area contributed by atoms with E-state index in [4.69, 9.17) is 9.47 Å². The fourth-order valence-electron chi connectivity index (χ4n) is 8.30. The number of amides is 1. The van der Waals surface area contributed by atoms with E-state index in [1.807, 2.05) is 6.08 Å². The number of hydrogen-bond acceptors (Lipinski definition) is 8. The van der Waals surface area contributed by atoms with Crippen LogP contribution in [0.2, 0.25) is 0 Å². The second-order valence-corrected chi connectivity index (χ2v) is 19.0. The molecule has 0 bridgehead atoms. The minimum Gasteiger partial charge on any atom is -0.394 e. The van der Waals surface area contributed by atoms with Crippen molar-refractivity contribution in [2.75, 3.05) is 13.2 Å². The number of carbonyl (C=O) groups excluding carboxylic acids is 1. The van der Waals surface area contributed by atoms with Gasteiger partial charge in [-0.15, -0.1) is 0 Å². The molecule has 7 atom stereocenters. The van der Waals surface area contributed by atoms with Gasteiger partial charge in [0.15, 0.2) is 6.29 Å². The highest BCUT2D eigenvalue weighted by atomic mass is 16.7. The highest BCUT2D eigenvalue weighted by molar-refractivity contribution is 5.76. The SMILES string of the molecule is CC/C=C\C/C=C\C/C=C\C/C=C\CCCCCCCCCCCCCCCCCCCCC(=O)NC(COC1OC(CO)C(O)C(O)C1O)C(O)/C=C/CC/C=C/CC/C=C/CCCCCC. The van der Waals surface area contributed by atoms with Gasteiger partial charge >= 0.3 is 0 Å². The fraction of sp³-hybridized carbons (Fsp3) is 0.746. The normalized spacial score (nSPS) is 20.2. The van der Waals surface area contributed by atoms with E-state index >= 15 is 0 Å². The van der Waals surface area contributed by atoms with Crippen LogP contribution in [0.3, 0.4) is 0 Å². The fourth-order valence-corrected chi connectivity index (χ4v) is 8.30. The van der Waals surface area contributed by atoms with Crippen molar-refractivity contribution in [1.82, 2.24) is 5.32 Å². The number of hydrogen-bond donors (Lipinski definition) is 6. The molecule has 7 unspecified atom stereocenters. The molecule has 392 valence electrons. The Kier molecular flexibility index (Phi) is 44.8. The molecule has 1 saturated heterocycles. The Bertz CT molecular complexity index is 1340. The third kappa shape index (κ3) is 37.2. The van der Waals surface area contributed by atoms with Gasteiger partial charge in [0.2, 0.25) is 5.91 Å². The van der Waals surface area contributed by atoms with Gasteiger partial charge in [0.1, 0.15) is 24.4 Å². The van der Waals surface area contributed by atoms with Crippen molar-refractivity contribution < 1.29 is 39.8 Å². The molecule has 1 amide bonds. The molecule has 1 aliphatic heterocycles. The van der Waals surface area contributed by atoms with E-state index in [9.17, 15) is 30.3 Å². The number of aliphatic hydroxyl groups is 5. The largest absolute Gasteiger partial charge is 0.394 e. The second-order valence-electron chi connectivity index (χ2n) is 19.0. The average molecular weight is 954 g/mol. The molecule has 0 aliphatic carbocycles. The standard InChI is InChI=1S/C59H103NO8/c1-3-5-7-9-11-13-15-17-19-20-21-22-23-24-25-26-27-28-29-30-31-32-33-34-35-37-39-41-43-45-47-49-55(63)60-52(51-67-59-58(66)57(65)56(64)54(50-61)68-59)53(62)48-46-44-42-40-38-36-18-16-14-12-10-8-6-4-2/h5,7,11,13-14,16-17,19,21-22,38,40,46,48,52-54,56-59,61-62,64-66H,3-4,6,8-10,12,15,18,20,23-37,39,41-45,47,49-51H2,1-2H3,(H,60,63)/b7-5-,13-11-,16-14+,19-17-,22-21-,40-38+,48-46+. The molecule has 0 aromatic carbocycles. The van der Waals surface area contributed by atoms with Crippen molar-refractivity contribution in [3.63, 3.8) is 0 Å². The molecular formula is C59H103NO8. The van der Waals surface area contributed by atoms with Gasteiger partial charge in [-0.05, 0) is 83.5 Å². The van der Waals surface area contributed by atoms with Crippen molar-refractivity contribution in [1.29, 1.82) is 0 Å². The Hall–Kier alpha value is -2.63. The summed E-state index contributed by atoms with van der Waals surface area (Å²) in [7, 11) is 0. The van der Waals surface area contributed by atoms with Crippen LogP contribution in [0.1, 0.15) is 226 Å². The van der Waals surface area contributed by atoms with Crippen LogP contribution >= 0.6 is 0 Å². The zero-order valence-electron chi connectivity index (χ0n) is 43.3. The van der Waals surface area contributed by atoms with Crippen molar-refractivity contribution in [3.8, 4) is 0 Å². The lowest BCUT2D eigenvalue weighted by atomic mass is 9.99. The monoisotopic (exact) mass is 954 g/mol. The molecule has 1 aliphatic rings. The molecule has 0 spiro atoms. The predicted molar refractivity (Wildman–Crippen MR) is 285 cm³/mol. The van der Waals surface area contributed by atoms with Gasteiger partial charge in [-0.2, -0.15) is 0 Å². The smallest absolute Gasteiger partial charge is 0.220 e. The summed E-state index contributed by atoms with van der Waals surface area (Å²) in [5.74, 6) is -0.193. The zero-order chi connectivity index (χ0) is 49.4. The molecular weight excluding hydrogens is 851 g/mol. The number of allylic oxidation sites excluding steroid dienone is 13. The highest BCUT2D eigenvalue weighted by Crippen LogP contribution is 2.23. The van der Waals surface area contributed by atoms with Crippen molar-refractivity contribution in [2.24, 2.45) is 0 Å². The molecule has 6 N–H and O–H groups in total. The lowest BCUT2D eigenvalue weighted by molar-refractivity contribution is -0.302. The van der Waals surface area contributed by atoms with Crippen LogP contribution in [0.4, 0.5) is 0 Å². The van der Waals surface area contributed by atoms with Crippen LogP contribution < -0.4 is 5.32 Å². The maximum Gasteiger partial charge on any atom is 0.220 e. The van der Waals surface area contributed by atoms with Crippen molar-refractivity contribution >= 4 is 5.91 Å². The van der Waals surface area contributed by atoms with Gasteiger partial charge in [-0.1, -0.05) is 221 Å². The molecule has 9 nitrogen and oxygen atoms in total. The van der Waals surface area contributed by atoms with Gasteiger partial charge in [-0.3, -0.25) is 4.79 Å². The highest BCUT2D eigenvalue weighted by Gasteiger charge is 2.44. The number of aliphatic hydroxyl groups excluding tert-OH is 5. The summed E-state index contributed by atoms with van der Waals surface area (Å²) in [6.07, 6.45) is 60.8. The third-order valence-electron chi connectivity index (χ3n) is 12.7. The third-order valence-corrected chi connectivity index (χ3v) is 12.7. The molecule has 9 heteroatoms. The molecule has 68 heavy (non-hydrogen) atoms. The van der Waals surface area contributed by atoms with E-state index < -0.39 is 49.5 Å². The number of nitrogens with one attached hydrogen (secondary N) is 1. The maximum absolute atomic E-state index is 13.0. The summed E-state index contributed by atoms with van der Waals surface area (Å²) in [5.41, 5.74) is 0. The van der Waals surface area contributed by atoms with Crippen LogP contribution in [0.15, 0.2) is 85.1 Å². The topological polar surface area (TPSA) is 149 Å². The average Bonchev–Trinajstić information content (AvgIpc) is 3.34. The zero-order valence-corrected chi connectivity index (χ0v) is 43.3. The maximum atomic E-state index is 13.0. The number of carbonyl (C=O) groups is 1. The van der Waals surface area contributed by atoms with Crippen LogP contribution in [0.25, 0.3) is 0 Å². The number of ether oxygens (including phenoxy) is 2. The van der Waals surface area contributed by atoms with E-state index in [-0.39, 0.29) is 12.5 Å². The second kappa shape index (κ2) is 48.0. The summed E-state index contributed by atoms with van der Waals surface area (Å²) in [4.78, 5) is 13.0. The van der Waals surface area contributed by atoms with Crippen LogP contribution in [0.5, 0.6) is 0 Å². The summed E-state index contributed by atoms with van der Waals surface area (Å²) in [6, 6.07) is -0.830. The van der Waals surface area contributed by atoms with Gasteiger partial charge in [0, 0.05) is 6.42 Å². The minimum absolute atomic E-state index is 0.193. The summed E-state index contributed by atoms with van der Waals surface area (Å²) in [5, 5.41) is 54.3. The Balaban J connectivity index is 2.17. The molecule has 1 heterocycles. The first kappa shape index (κ1) is 63.4. The molecule has 0 radical (unpaired) electrons. The number of unbranched alkanes of at least 4 members (excludes halogenated alkanes) is 24. The Morgan fingerprint density at radius 3 is 1.41 bits per heavy atom. The molecule has 1 rings (SSSR count). The lowest BCUT2D eigenvalue weighted by Crippen LogP contribution is -2.60. The summed E-state index contributed by atoms with van der Waals surface area (Å²) in [6.45, 7) is 3.62.